The van der Waals surface area contributed by atoms with Crippen LogP contribution in [-0.2, 0) is 6.54 Å². The molecule has 200 valence electrons. The maximum absolute atomic E-state index is 10.2. The van der Waals surface area contributed by atoms with Gasteiger partial charge in [0.25, 0.3) is 0 Å². The van der Waals surface area contributed by atoms with Crippen molar-refractivity contribution in [1.82, 2.24) is 29.6 Å². The van der Waals surface area contributed by atoms with E-state index in [2.05, 4.69) is 25.0 Å². The van der Waals surface area contributed by atoms with Crippen molar-refractivity contribution in [2.24, 2.45) is 0 Å². The summed E-state index contributed by atoms with van der Waals surface area (Å²) in [7, 11) is 0. The molecule has 0 bridgehead atoms. The summed E-state index contributed by atoms with van der Waals surface area (Å²) in [4.78, 5) is 15.0. The molecule has 0 spiro atoms. The van der Waals surface area contributed by atoms with Gasteiger partial charge in [-0.25, -0.2) is 9.97 Å². The number of nitrogens with zero attached hydrogens (tertiary/aromatic N) is 5. The van der Waals surface area contributed by atoms with E-state index in [-0.39, 0.29) is 0 Å². The van der Waals surface area contributed by atoms with Crippen LogP contribution < -0.4 is 4.74 Å². The number of hydrogen-bond donors (Lipinski definition) is 2. The Hall–Kier alpha value is -3.20. The molecular weight excluding hydrogens is 500 g/mol. The molecule has 2 N–H and O–H groups in total. The largest absolute Gasteiger partial charge is 0.491 e. The highest BCUT2D eigenvalue weighted by Crippen LogP contribution is 2.43. The van der Waals surface area contributed by atoms with Crippen LogP contribution in [0, 0.1) is 6.92 Å². The highest BCUT2D eigenvalue weighted by molar-refractivity contribution is 6.35. The standard InChI is InChI=1S/C29H35ClN6O2/c1-20-22(19-34-36(20)15-10-29(2,3)37)27-25(28-31-11-7-12-32-28)23(18-33-27)21-8-6-9-24(26(21)30)38-17-16-35-13-4-5-14-35/h6-9,11-12,18-19,33,37H,4-5,10,13-17H2,1-3H3. The van der Waals surface area contributed by atoms with Gasteiger partial charge in [0.2, 0.25) is 0 Å². The number of nitrogens with one attached hydrogen (secondary N) is 1. The highest BCUT2D eigenvalue weighted by atomic mass is 35.5. The van der Waals surface area contributed by atoms with Crippen LogP contribution in [-0.4, -0.2) is 66.6 Å². The van der Waals surface area contributed by atoms with Crippen molar-refractivity contribution in [3.63, 3.8) is 0 Å². The first-order chi connectivity index (χ1) is 18.3. The Labute approximate surface area is 228 Å². The smallest absolute Gasteiger partial charge is 0.161 e. The highest BCUT2D eigenvalue weighted by Gasteiger charge is 2.24. The van der Waals surface area contributed by atoms with Crippen molar-refractivity contribution in [3.8, 4) is 39.5 Å². The molecule has 0 saturated carbocycles. The van der Waals surface area contributed by atoms with Crippen LogP contribution >= 0.6 is 11.6 Å². The third-order valence-corrected chi connectivity index (χ3v) is 7.48. The van der Waals surface area contributed by atoms with Gasteiger partial charge in [-0.3, -0.25) is 9.58 Å². The molecule has 0 radical (unpaired) electrons. The summed E-state index contributed by atoms with van der Waals surface area (Å²) in [6.07, 6.45) is 10.4. The number of aromatic amines is 1. The summed E-state index contributed by atoms with van der Waals surface area (Å²) in [5.41, 5.74) is 4.64. The lowest BCUT2D eigenvalue weighted by Gasteiger charge is -2.17. The SMILES string of the molecule is Cc1c(-c2[nH]cc(-c3cccc(OCCN4CCCC4)c3Cl)c2-c2ncccn2)cnn1CCC(C)(C)O. The van der Waals surface area contributed by atoms with Crippen LogP contribution in [0.2, 0.25) is 5.02 Å². The number of benzene rings is 1. The minimum absolute atomic E-state index is 0.564. The van der Waals surface area contributed by atoms with E-state index >= 15 is 0 Å². The molecule has 38 heavy (non-hydrogen) atoms. The molecule has 1 aliphatic rings. The van der Waals surface area contributed by atoms with Crippen molar-refractivity contribution in [1.29, 1.82) is 0 Å². The summed E-state index contributed by atoms with van der Waals surface area (Å²) in [5, 5.41) is 15.4. The van der Waals surface area contributed by atoms with Crippen LogP contribution in [0.5, 0.6) is 5.75 Å². The molecule has 0 unspecified atom stereocenters. The second kappa shape index (κ2) is 11.3. The monoisotopic (exact) mass is 534 g/mol. The van der Waals surface area contributed by atoms with Crippen molar-refractivity contribution in [2.45, 2.75) is 52.2 Å². The predicted octanol–water partition coefficient (Wildman–Crippen LogP) is 5.60. The molecule has 1 aromatic carbocycles. The van der Waals surface area contributed by atoms with E-state index in [0.717, 1.165) is 53.3 Å². The summed E-state index contributed by atoms with van der Waals surface area (Å²) >= 11 is 6.94. The average molecular weight is 535 g/mol. The van der Waals surface area contributed by atoms with Gasteiger partial charge in [0.15, 0.2) is 5.82 Å². The van der Waals surface area contributed by atoms with Gasteiger partial charge in [-0.15, -0.1) is 0 Å². The Morgan fingerprint density at radius 1 is 1.05 bits per heavy atom. The number of aliphatic hydroxyl groups is 1. The van der Waals surface area contributed by atoms with Crippen LogP contribution in [0.4, 0.5) is 0 Å². The molecule has 3 aromatic heterocycles. The topological polar surface area (TPSA) is 92.1 Å². The van der Waals surface area contributed by atoms with Gasteiger partial charge in [0.05, 0.1) is 28.1 Å². The first-order valence-corrected chi connectivity index (χ1v) is 13.6. The van der Waals surface area contributed by atoms with Crippen molar-refractivity contribution in [3.05, 3.63) is 59.8 Å². The number of hydrogen-bond acceptors (Lipinski definition) is 6. The lowest BCUT2D eigenvalue weighted by Crippen LogP contribution is -2.25. The maximum atomic E-state index is 10.2. The zero-order valence-corrected chi connectivity index (χ0v) is 23.0. The van der Waals surface area contributed by atoms with Crippen molar-refractivity contribution in [2.75, 3.05) is 26.2 Å². The van der Waals surface area contributed by atoms with Crippen LogP contribution in [0.1, 0.15) is 38.8 Å². The minimum atomic E-state index is -0.764. The van der Waals surface area contributed by atoms with Gasteiger partial charge in [-0.05, 0) is 65.3 Å². The van der Waals surface area contributed by atoms with E-state index in [1.54, 1.807) is 18.5 Å². The van der Waals surface area contributed by atoms with Crippen molar-refractivity contribution >= 4 is 11.6 Å². The fourth-order valence-electron chi connectivity index (χ4n) is 4.93. The van der Waals surface area contributed by atoms with Gasteiger partial charge >= 0.3 is 0 Å². The molecule has 9 heteroatoms. The molecule has 1 fully saturated rings. The van der Waals surface area contributed by atoms with Crippen LogP contribution in [0.15, 0.2) is 49.1 Å². The zero-order valence-electron chi connectivity index (χ0n) is 22.2. The van der Waals surface area contributed by atoms with Crippen LogP contribution in [0.3, 0.4) is 0 Å². The molecule has 1 aliphatic heterocycles. The summed E-state index contributed by atoms with van der Waals surface area (Å²) < 4.78 is 8.05. The molecule has 5 rings (SSSR count). The first-order valence-electron chi connectivity index (χ1n) is 13.2. The molecule has 8 nitrogen and oxygen atoms in total. The van der Waals surface area contributed by atoms with E-state index < -0.39 is 5.60 Å². The lowest BCUT2D eigenvalue weighted by molar-refractivity contribution is 0.0649. The lowest BCUT2D eigenvalue weighted by atomic mass is 9.99. The number of halogens is 1. The minimum Gasteiger partial charge on any atom is -0.491 e. The van der Waals surface area contributed by atoms with E-state index in [1.807, 2.05) is 56.0 Å². The fraction of sp³-hybridized carbons (Fsp3) is 0.414. The molecule has 0 aliphatic carbocycles. The number of aromatic nitrogens is 5. The second-order valence-electron chi connectivity index (χ2n) is 10.5. The van der Waals surface area contributed by atoms with E-state index in [9.17, 15) is 5.11 Å². The van der Waals surface area contributed by atoms with E-state index in [1.165, 1.54) is 12.8 Å². The summed E-state index contributed by atoms with van der Waals surface area (Å²) in [6.45, 7) is 10.0. The van der Waals surface area contributed by atoms with Gasteiger partial charge < -0.3 is 14.8 Å². The van der Waals surface area contributed by atoms with E-state index in [0.29, 0.717) is 36.2 Å². The first kappa shape index (κ1) is 26.4. The third kappa shape index (κ3) is 5.77. The molecule has 0 atom stereocenters. The molecule has 0 amide bonds. The normalized spacial score (nSPS) is 14.3. The predicted molar refractivity (Wildman–Crippen MR) is 150 cm³/mol. The summed E-state index contributed by atoms with van der Waals surface area (Å²) in [5.74, 6) is 1.26. The quantitative estimate of drug-likeness (QED) is 0.275. The third-order valence-electron chi connectivity index (χ3n) is 7.09. The Morgan fingerprint density at radius 3 is 2.55 bits per heavy atom. The fourth-order valence-corrected chi connectivity index (χ4v) is 5.21. The number of likely N-dealkylation sites (tertiary alicyclic amines) is 1. The second-order valence-corrected chi connectivity index (χ2v) is 10.8. The average Bonchev–Trinajstić information content (AvgIpc) is 3.64. The Bertz CT molecular complexity index is 1370. The number of H-pyrrole nitrogens is 1. The maximum Gasteiger partial charge on any atom is 0.161 e. The van der Waals surface area contributed by atoms with Gasteiger partial charge in [0, 0.05) is 54.1 Å². The number of ether oxygens (including phenoxy) is 1. The Balaban J connectivity index is 1.50. The van der Waals surface area contributed by atoms with Gasteiger partial charge in [0.1, 0.15) is 12.4 Å². The van der Waals surface area contributed by atoms with E-state index in [4.69, 9.17) is 16.3 Å². The molecule has 4 aromatic rings. The molecule has 1 saturated heterocycles. The number of aryl methyl sites for hydroxylation is 1. The Morgan fingerprint density at radius 2 is 1.82 bits per heavy atom. The van der Waals surface area contributed by atoms with Gasteiger partial charge in [-0.2, -0.15) is 5.10 Å². The summed E-state index contributed by atoms with van der Waals surface area (Å²) in [6, 6.07) is 7.68. The van der Waals surface area contributed by atoms with Crippen LogP contribution in [0.25, 0.3) is 33.8 Å². The van der Waals surface area contributed by atoms with Gasteiger partial charge in [-0.1, -0.05) is 23.7 Å². The Kier molecular flexibility index (Phi) is 7.83. The molecular formula is C29H35ClN6O2. The van der Waals surface area contributed by atoms with Crippen molar-refractivity contribution < 1.29 is 9.84 Å². The number of rotatable bonds is 10. The molecule has 4 heterocycles. The zero-order chi connectivity index (χ0) is 26.7.